The molecule has 0 spiro atoms. The third-order valence-electron chi connectivity index (χ3n) is 3.68. The SMILES string of the molecule is Cc1cc(NC(=O)CN2CCCC(CNC(C)C)C2)no1. The Morgan fingerprint density at radius 3 is 3.05 bits per heavy atom. The molecule has 118 valence electrons. The number of carbonyl (C=O) groups excluding carboxylic acids is 1. The van der Waals surface area contributed by atoms with Crippen LogP contribution >= 0.6 is 0 Å². The van der Waals surface area contributed by atoms with Crippen LogP contribution in [0.3, 0.4) is 0 Å². The number of amides is 1. The van der Waals surface area contributed by atoms with Crippen molar-refractivity contribution >= 4 is 11.7 Å². The molecule has 1 fully saturated rings. The van der Waals surface area contributed by atoms with Crippen LogP contribution in [0.2, 0.25) is 0 Å². The molecule has 1 aromatic heterocycles. The molecular weight excluding hydrogens is 268 g/mol. The Morgan fingerprint density at radius 2 is 2.38 bits per heavy atom. The molecule has 0 radical (unpaired) electrons. The number of anilines is 1. The molecule has 2 heterocycles. The molecule has 1 aliphatic heterocycles. The van der Waals surface area contributed by atoms with E-state index in [0.29, 0.717) is 30.1 Å². The first kappa shape index (κ1) is 16.0. The summed E-state index contributed by atoms with van der Waals surface area (Å²) in [7, 11) is 0. The monoisotopic (exact) mass is 294 g/mol. The van der Waals surface area contributed by atoms with Gasteiger partial charge in [0.15, 0.2) is 5.82 Å². The molecule has 1 aromatic rings. The van der Waals surface area contributed by atoms with Crippen LogP contribution in [-0.2, 0) is 4.79 Å². The molecule has 2 rings (SSSR count). The second-order valence-electron chi connectivity index (χ2n) is 6.18. The van der Waals surface area contributed by atoms with Crippen LogP contribution < -0.4 is 10.6 Å². The van der Waals surface area contributed by atoms with Crippen LogP contribution in [-0.4, -0.2) is 48.2 Å². The van der Waals surface area contributed by atoms with Gasteiger partial charge in [0.1, 0.15) is 5.76 Å². The van der Waals surface area contributed by atoms with Gasteiger partial charge in [0.05, 0.1) is 6.54 Å². The van der Waals surface area contributed by atoms with Crippen LogP contribution in [0.1, 0.15) is 32.4 Å². The van der Waals surface area contributed by atoms with Crippen LogP contribution in [0.15, 0.2) is 10.6 Å². The number of carbonyl (C=O) groups is 1. The minimum Gasteiger partial charge on any atom is -0.360 e. The van der Waals surface area contributed by atoms with Gasteiger partial charge in [-0.1, -0.05) is 19.0 Å². The zero-order valence-corrected chi connectivity index (χ0v) is 13.2. The number of piperidine rings is 1. The molecule has 1 atom stereocenters. The van der Waals surface area contributed by atoms with Gasteiger partial charge in [-0.2, -0.15) is 0 Å². The van der Waals surface area contributed by atoms with Crippen LogP contribution in [0.25, 0.3) is 0 Å². The van der Waals surface area contributed by atoms with E-state index in [1.54, 1.807) is 13.0 Å². The molecule has 0 aromatic carbocycles. The highest BCUT2D eigenvalue weighted by Gasteiger charge is 2.21. The number of rotatable bonds is 6. The summed E-state index contributed by atoms with van der Waals surface area (Å²) in [5.74, 6) is 1.79. The second kappa shape index (κ2) is 7.56. The Hall–Kier alpha value is -1.40. The maximum Gasteiger partial charge on any atom is 0.239 e. The van der Waals surface area contributed by atoms with E-state index in [0.717, 1.165) is 26.1 Å². The van der Waals surface area contributed by atoms with Crippen molar-refractivity contribution in [2.45, 2.75) is 39.7 Å². The number of hydrogen-bond donors (Lipinski definition) is 2. The average Bonchev–Trinajstić information content (AvgIpc) is 2.82. The fourth-order valence-corrected chi connectivity index (χ4v) is 2.67. The Kier molecular flexibility index (Phi) is 5.76. The molecular formula is C15H26N4O2. The number of likely N-dealkylation sites (tertiary alicyclic amines) is 1. The largest absolute Gasteiger partial charge is 0.360 e. The number of aryl methyl sites for hydroxylation is 1. The highest BCUT2D eigenvalue weighted by molar-refractivity contribution is 5.91. The van der Waals surface area contributed by atoms with E-state index < -0.39 is 0 Å². The van der Waals surface area contributed by atoms with Crippen LogP contribution in [0, 0.1) is 12.8 Å². The Labute approximate surface area is 126 Å². The van der Waals surface area contributed by atoms with E-state index >= 15 is 0 Å². The van der Waals surface area contributed by atoms with Crippen molar-refractivity contribution in [2.24, 2.45) is 5.92 Å². The van der Waals surface area contributed by atoms with E-state index in [4.69, 9.17) is 4.52 Å². The van der Waals surface area contributed by atoms with Crippen molar-refractivity contribution in [3.05, 3.63) is 11.8 Å². The zero-order valence-electron chi connectivity index (χ0n) is 13.2. The Morgan fingerprint density at radius 1 is 1.57 bits per heavy atom. The van der Waals surface area contributed by atoms with Gasteiger partial charge in [-0.05, 0) is 38.8 Å². The van der Waals surface area contributed by atoms with E-state index in [9.17, 15) is 4.79 Å². The highest BCUT2D eigenvalue weighted by Crippen LogP contribution is 2.16. The van der Waals surface area contributed by atoms with Gasteiger partial charge in [0.2, 0.25) is 5.91 Å². The minimum atomic E-state index is -0.0271. The lowest BCUT2D eigenvalue weighted by Gasteiger charge is -2.32. The first-order valence-electron chi connectivity index (χ1n) is 7.72. The molecule has 0 aliphatic carbocycles. The first-order chi connectivity index (χ1) is 10.0. The number of aromatic nitrogens is 1. The fraction of sp³-hybridized carbons (Fsp3) is 0.733. The molecule has 0 bridgehead atoms. The maximum atomic E-state index is 12.0. The maximum absolute atomic E-state index is 12.0. The third-order valence-corrected chi connectivity index (χ3v) is 3.68. The molecule has 1 saturated heterocycles. The standard InChI is InChI=1S/C15H26N4O2/c1-11(2)16-8-13-5-4-6-19(9-13)10-15(20)17-14-7-12(3)21-18-14/h7,11,13,16H,4-6,8-10H2,1-3H3,(H,17,18,20). The lowest BCUT2D eigenvalue weighted by molar-refractivity contribution is -0.117. The normalized spacial score (nSPS) is 19.9. The molecule has 6 heteroatoms. The molecule has 0 saturated carbocycles. The lowest BCUT2D eigenvalue weighted by atomic mass is 9.98. The van der Waals surface area contributed by atoms with E-state index in [-0.39, 0.29) is 5.91 Å². The molecule has 6 nitrogen and oxygen atoms in total. The highest BCUT2D eigenvalue weighted by atomic mass is 16.5. The first-order valence-corrected chi connectivity index (χ1v) is 7.72. The molecule has 21 heavy (non-hydrogen) atoms. The summed E-state index contributed by atoms with van der Waals surface area (Å²) in [6.07, 6.45) is 2.39. The van der Waals surface area contributed by atoms with Crippen molar-refractivity contribution in [1.29, 1.82) is 0 Å². The van der Waals surface area contributed by atoms with Gasteiger partial charge in [-0.15, -0.1) is 0 Å². The van der Waals surface area contributed by atoms with Crippen molar-refractivity contribution in [3.63, 3.8) is 0 Å². The summed E-state index contributed by atoms with van der Waals surface area (Å²) < 4.78 is 4.94. The molecule has 2 N–H and O–H groups in total. The predicted molar refractivity (Wildman–Crippen MR) is 82.2 cm³/mol. The van der Waals surface area contributed by atoms with Gasteiger partial charge < -0.3 is 15.2 Å². The van der Waals surface area contributed by atoms with Gasteiger partial charge in [-0.3, -0.25) is 9.69 Å². The Bertz CT molecular complexity index is 458. The van der Waals surface area contributed by atoms with Crippen molar-refractivity contribution in [1.82, 2.24) is 15.4 Å². The molecule has 1 aliphatic rings. The van der Waals surface area contributed by atoms with Crippen LogP contribution in [0.4, 0.5) is 5.82 Å². The summed E-state index contributed by atoms with van der Waals surface area (Å²) >= 11 is 0. The van der Waals surface area contributed by atoms with E-state index in [1.165, 1.54) is 6.42 Å². The van der Waals surface area contributed by atoms with Gasteiger partial charge in [0, 0.05) is 18.7 Å². The van der Waals surface area contributed by atoms with Crippen molar-refractivity contribution in [3.8, 4) is 0 Å². The minimum absolute atomic E-state index is 0.0271. The summed E-state index contributed by atoms with van der Waals surface area (Å²) in [6.45, 7) is 9.54. The molecule has 1 amide bonds. The quantitative estimate of drug-likeness (QED) is 0.834. The second-order valence-corrected chi connectivity index (χ2v) is 6.18. The smallest absolute Gasteiger partial charge is 0.239 e. The summed E-state index contributed by atoms with van der Waals surface area (Å²) in [6, 6.07) is 2.24. The van der Waals surface area contributed by atoms with Crippen molar-refractivity contribution in [2.75, 3.05) is 31.5 Å². The topological polar surface area (TPSA) is 70.4 Å². The van der Waals surface area contributed by atoms with E-state index in [1.807, 2.05) is 0 Å². The van der Waals surface area contributed by atoms with Gasteiger partial charge >= 0.3 is 0 Å². The summed E-state index contributed by atoms with van der Waals surface area (Å²) in [4.78, 5) is 14.2. The zero-order chi connectivity index (χ0) is 15.2. The van der Waals surface area contributed by atoms with Crippen molar-refractivity contribution < 1.29 is 9.32 Å². The average molecular weight is 294 g/mol. The fourth-order valence-electron chi connectivity index (χ4n) is 2.67. The van der Waals surface area contributed by atoms with E-state index in [2.05, 4.69) is 34.5 Å². The lowest BCUT2D eigenvalue weighted by Crippen LogP contribution is -2.43. The third kappa shape index (κ3) is 5.47. The predicted octanol–water partition coefficient (Wildman–Crippen LogP) is 1.63. The van der Waals surface area contributed by atoms with Gasteiger partial charge in [-0.25, -0.2) is 0 Å². The van der Waals surface area contributed by atoms with Crippen LogP contribution in [0.5, 0.6) is 0 Å². The number of hydrogen-bond acceptors (Lipinski definition) is 5. The summed E-state index contributed by atoms with van der Waals surface area (Å²) in [5.41, 5.74) is 0. The number of nitrogens with one attached hydrogen (secondary N) is 2. The summed E-state index contributed by atoms with van der Waals surface area (Å²) in [5, 5.41) is 10.0. The number of nitrogens with zero attached hydrogens (tertiary/aromatic N) is 2. The molecule has 1 unspecified atom stereocenters. The Balaban J connectivity index is 1.75. The van der Waals surface area contributed by atoms with Gasteiger partial charge in [0.25, 0.3) is 0 Å².